The number of hydrogen-bond donors (Lipinski definition) is 1. The van der Waals surface area contributed by atoms with E-state index in [4.69, 9.17) is 5.11 Å². The van der Waals surface area contributed by atoms with E-state index < -0.39 is 5.97 Å². The Morgan fingerprint density at radius 1 is 1.62 bits per heavy atom. The molecule has 0 aliphatic carbocycles. The van der Waals surface area contributed by atoms with Crippen molar-refractivity contribution in [3.8, 4) is 0 Å². The lowest BCUT2D eigenvalue weighted by atomic mass is 9.95. The van der Waals surface area contributed by atoms with E-state index in [1.807, 2.05) is 0 Å². The molecule has 0 bridgehead atoms. The molecule has 1 aliphatic rings. The summed E-state index contributed by atoms with van der Waals surface area (Å²) in [5, 5.41) is 11.3. The smallest absolute Gasteiger partial charge is 0.355 e. The third-order valence-corrected chi connectivity index (χ3v) is 4.07. The van der Waals surface area contributed by atoms with Gasteiger partial charge in [-0.1, -0.05) is 13.3 Å². The van der Waals surface area contributed by atoms with Crippen LogP contribution < -0.4 is 4.90 Å². The van der Waals surface area contributed by atoms with Gasteiger partial charge in [-0.05, 0) is 18.8 Å². The second-order valence-electron chi connectivity index (χ2n) is 4.16. The minimum Gasteiger partial charge on any atom is -0.476 e. The summed E-state index contributed by atoms with van der Waals surface area (Å²) in [6.45, 7) is 4.24. The first-order valence-corrected chi connectivity index (χ1v) is 6.52. The van der Waals surface area contributed by atoms with Crippen LogP contribution in [0.25, 0.3) is 0 Å². The zero-order valence-corrected chi connectivity index (χ0v) is 10.2. The minimum atomic E-state index is -0.939. The van der Waals surface area contributed by atoms with Crippen molar-refractivity contribution in [3.63, 3.8) is 0 Å². The second-order valence-corrected chi connectivity index (χ2v) is 5.00. The van der Waals surface area contributed by atoms with Gasteiger partial charge in [-0.15, -0.1) is 11.3 Å². The highest BCUT2D eigenvalue weighted by atomic mass is 32.1. The lowest BCUT2D eigenvalue weighted by Gasteiger charge is -2.31. The van der Waals surface area contributed by atoms with Crippen LogP contribution in [-0.4, -0.2) is 29.1 Å². The predicted octanol–water partition coefficient (Wildman–Crippen LogP) is 2.47. The van der Waals surface area contributed by atoms with E-state index in [0.717, 1.165) is 24.1 Å². The van der Waals surface area contributed by atoms with Gasteiger partial charge in [0, 0.05) is 18.5 Å². The predicted molar refractivity (Wildman–Crippen MR) is 64.3 cm³/mol. The highest BCUT2D eigenvalue weighted by Crippen LogP contribution is 2.27. The number of piperidine rings is 1. The van der Waals surface area contributed by atoms with Gasteiger partial charge in [-0.2, -0.15) is 0 Å². The summed E-state index contributed by atoms with van der Waals surface area (Å²) in [6, 6.07) is 0. The van der Waals surface area contributed by atoms with Crippen molar-refractivity contribution >= 4 is 22.4 Å². The van der Waals surface area contributed by atoms with Crippen molar-refractivity contribution in [1.29, 1.82) is 0 Å². The van der Waals surface area contributed by atoms with Crippen LogP contribution in [0.3, 0.4) is 0 Å². The van der Waals surface area contributed by atoms with Gasteiger partial charge in [-0.3, -0.25) is 0 Å². The SMILES string of the molecule is CCC1CCN(c2nc(C(=O)O)cs2)CC1. The largest absolute Gasteiger partial charge is 0.476 e. The molecular weight excluding hydrogens is 224 g/mol. The first kappa shape index (κ1) is 11.4. The Kier molecular flexibility index (Phi) is 3.43. The van der Waals surface area contributed by atoms with E-state index >= 15 is 0 Å². The van der Waals surface area contributed by atoms with Crippen LogP contribution in [0.1, 0.15) is 36.7 Å². The van der Waals surface area contributed by atoms with Gasteiger partial charge < -0.3 is 10.0 Å². The summed E-state index contributed by atoms with van der Waals surface area (Å²) in [6.07, 6.45) is 3.63. The van der Waals surface area contributed by atoms with E-state index in [1.165, 1.54) is 30.6 Å². The van der Waals surface area contributed by atoms with E-state index in [0.29, 0.717) is 0 Å². The number of carboxylic acids is 1. The van der Waals surface area contributed by atoms with Crippen molar-refractivity contribution in [1.82, 2.24) is 4.98 Å². The number of anilines is 1. The molecule has 4 nitrogen and oxygen atoms in total. The third kappa shape index (κ3) is 2.35. The third-order valence-electron chi connectivity index (χ3n) is 3.17. The Morgan fingerprint density at radius 2 is 2.31 bits per heavy atom. The molecule has 16 heavy (non-hydrogen) atoms. The molecule has 5 heteroatoms. The van der Waals surface area contributed by atoms with Crippen molar-refractivity contribution in [3.05, 3.63) is 11.1 Å². The van der Waals surface area contributed by atoms with Gasteiger partial charge in [0.25, 0.3) is 0 Å². The lowest BCUT2D eigenvalue weighted by molar-refractivity contribution is 0.0691. The molecular formula is C11H16N2O2S. The molecule has 88 valence electrons. The molecule has 1 saturated heterocycles. The molecule has 2 rings (SSSR count). The maximum Gasteiger partial charge on any atom is 0.355 e. The molecule has 0 atom stereocenters. The highest BCUT2D eigenvalue weighted by Gasteiger charge is 2.20. The van der Waals surface area contributed by atoms with E-state index in [1.54, 1.807) is 5.38 Å². The van der Waals surface area contributed by atoms with Crippen LogP contribution in [0.4, 0.5) is 5.13 Å². The number of aromatic carboxylic acids is 1. The lowest BCUT2D eigenvalue weighted by Crippen LogP contribution is -2.33. The molecule has 1 aromatic heterocycles. The van der Waals surface area contributed by atoms with Gasteiger partial charge in [0.05, 0.1) is 0 Å². The molecule has 0 unspecified atom stereocenters. The van der Waals surface area contributed by atoms with Crippen molar-refractivity contribution in [2.24, 2.45) is 5.92 Å². The average molecular weight is 240 g/mol. The number of nitrogens with zero attached hydrogens (tertiary/aromatic N) is 2. The van der Waals surface area contributed by atoms with Gasteiger partial charge in [-0.25, -0.2) is 9.78 Å². The molecule has 0 saturated carbocycles. The first-order chi connectivity index (χ1) is 7.70. The Balaban J connectivity index is 2.00. The van der Waals surface area contributed by atoms with Gasteiger partial charge in [0.2, 0.25) is 0 Å². The topological polar surface area (TPSA) is 53.4 Å². The van der Waals surface area contributed by atoms with E-state index in [-0.39, 0.29) is 5.69 Å². The molecule has 1 aromatic rings. The minimum absolute atomic E-state index is 0.164. The van der Waals surface area contributed by atoms with Gasteiger partial charge in [0.1, 0.15) is 0 Å². The van der Waals surface area contributed by atoms with E-state index in [9.17, 15) is 4.79 Å². The Bertz CT molecular complexity index is 370. The molecule has 1 aliphatic heterocycles. The fourth-order valence-corrected chi connectivity index (χ4v) is 2.89. The van der Waals surface area contributed by atoms with Gasteiger partial charge >= 0.3 is 5.97 Å². The molecule has 0 radical (unpaired) electrons. The van der Waals surface area contributed by atoms with Crippen LogP contribution in [0.15, 0.2) is 5.38 Å². The van der Waals surface area contributed by atoms with Crippen molar-refractivity contribution < 1.29 is 9.90 Å². The van der Waals surface area contributed by atoms with Crippen LogP contribution in [0.2, 0.25) is 0 Å². The fourth-order valence-electron chi connectivity index (χ4n) is 2.04. The number of hydrogen-bond acceptors (Lipinski definition) is 4. The quantitative estimate of drug-likeness (QED) is 0.881. The molecule has 1 fully saturated rings. The molecule has 1 N–H and O–H groups in total. The Hall–Kier alpha value is -1.10. The standard InChI is InChI=1S/C11H16N2O2S/c1-2-8-3-5-13(6-4-8)11-12-9(7-16-11)10(14)15/h7-8H,2-6H2,1H3,(H,14,15). The Morgan fingerprint density at radius 3 is 2.81 bits per heavy atom. The summed E-state index contributed by atoms with van der Waals surface area (Å²) >= 11 is 1.43. The first-order valence-electron chi connectivity index (χ1n) is 5.64. The summed E-state index contributed by atoms with van der Waals surface area (Å²) in [5.41, 5.74) is 0.164. The number of carbonyl (C=O) groups is 1. The monoisotopic (exact) mass is 240 g/mol. The fraction of sp³-hybridized carbons (Fsp3) is 0.636. The number of rotatable bonds is 3. The molecule has 0 spiro atoms. The second kappa shape index (κ2) is 4.82. The molecule has 0 aromatic carbocycles. The van der Waals surface area contributed by atoms with Crippen LogP contribution in [0, 0.1) is 5.92 Å². The number of carboxylic acid groups (broad SMARTS) is 1. The maximum absolute atomic E-state index is 10.7. The van der Waals surface area contributed by atoms with Gasteiger partial charge in [0.15, 0.2) is 10.8 Å². The number of aromatic nitrogens is 1. The molecule has 2 heterocycles. The van der Waals surface area contributed by atoms with Crippen LogP contribution in [0.5, 0.6) is 0 Å². The normalized spacial score (nSPS) is 17.7. The van der Waals surface area contributed by atoms with Crippen molar-refractivity contribution in [2.75, 3.05) is 18.0 Å². The zero-order chi connectivity index (χ0) is 11.5. The summed E-state index contributed by atoms with van der Waals surface area (Å²) in [7, 11) is 0. The average Bonchev–Trinajstić information content (AvgIpc) is 2.78. The highest BCUT2D eigenvalue weighted by molar-refractivity contribution is 7.13. The summed E-state index contributed by atoms with van der Waals surface area (Å²) in [4.78, 5) is 17.0. The molecule has 0 amide bonds. The number of thiazole rings is 1. The zero-order valence-electron chi connectivity index (χ0n) is 9.35. The summed E-state index contributed by atoms with van der Waals surface area (Å²) in [5.74, 6) is -0.110. The van der Waals surface area contributed by atoms with Crippen molar-refractivity contribution in [2.45, 2.75) is 26.2 Å². The van der Waals surface area contributed by atoms with Crippen LogP contribution >= 0.6 is 11.3 Å². The Labute approximate surface area is 98.9 Å². The summed E-state index contributed by atoms with van der Waals surface area (Å²) < 4.78 is 0. The van der Waals surface area contributed by atoms with E-state index in [2.05, 4.69) is 16.8 Å². The van der Waals surface area contributed by atoms with Crippen LogP contribution in [-0.2, 0) is 0 Å². The maximum atomic E-state index is 10.7.